The first-order chi connectivity index (χ1) is 10.7. The van der Waals surface area contributed by atoms with Crippen molar-refractivity contribution in [2.45, 2.75) is 32.2 Å². The second-order valence-electron chi connectivity index (χ2n) is 6.21. The fraction of sp³-hybridized carbons (Fsp3) is 0.588. The van der Waals surface area contributed by atoms with Crippen LogP contribution in [-0.2, 0) is 11.2 Å². The van der Waals surface area contributed by atoms with Crippen molar-refractivity contribution in [1.82, 2.24) is 4.90 Å². The van der Waals surface area contributed by atoms with Crippen molar-refractivity contribution in [2.75, 3.05) is 26.3 Å². The molecule has 5 nitrogen and oxygen atoms in total. The molecular formula is C17H24N2O3. The van der Waals surface area contributed by atoms with Crippen LogP contribution in [0.3, 0.4) is 0 Å². The van der Waals surface area contributed by atoms with E-state index in [1.54, 1.807) is 0 Å². The van der Waals surface area contributed by atoms with Gasteiger partial charge in [-0.15, -0.1) is 0 Å². The number of ether oxygens (including phenoxy) is 2. The van der Waals surface area contributed by atoms with Crippen molar-refractivity contribution in [3.8, 4) is 11.5 Å². The Morgan fingerprint density at radius 2 is 2.09 bits per heavy atom. The molecule has 1 amide bonds. The lowest BCUT2D eigenvalue weighted by molar-refractivity contribution is -0.131. The molecule has 5 heteroatoms. The third kappa shape index (κ3) is 3.19. The standard InChI is InChI=1S/C17H24N2O3/c1-12-8-14(10-18)11-19(12)17(20)5-3-13-2-4-15-16(9-13)22-7-6-21-15/h2,4,9,12,14H,3,5-8,10-11,18H2,1H3. The average Bonchev–Trinajstić information content (AvgIpc) is 2.93. The van der Waals surface area contributed by atoms with Crippen molar-refractivity contribution in [2.24, 2.45) is 11.7 Å². The number of likely N-dealkylation sites (tertiary alicyclic amines) is 1. The van der Waals surface area contributed by atoms with E-state index in [2.05, 4.69) is 6.92 Å². The third-order valence-corrected chi connectivity index (χ3v) is 4.55. The zero-order valence-electron chi connectivity index (χ0n) is 13.1. The van der Waals surface area contributed by atoms with E-state index >= 15 is 0 Å². The topological polar surface area (TPSA) is 64.8 Å². The number of rotatable bonds is 4. The number of amides is 1. The molecule has 2 aliphatic heterocycles. The molecular weight excluding hydrogens is 280 g/mol. The molecule has 0 saturated carbocycles. The average molecular weight is 304 g/mol. The van der Waals surface area contributed by atoms with Gasteiger partial charge in [-0.25, -0.2) is 0 Å². The Balaban J connectivity index is 1.57. The Morgan fingerprint density at radius 3 is 2.82 bits per heavy atom. The van der Waals surface area contributed by atoms with E-state index in [9.17, 15) is 4.79 Å². The predicted octanol–water partition coefficient (Wildman–Crippen LogP) is 1.59. The van der Waals surface area contributed by atoms with Crippen molar-refractivity contribution < 1.29 is 14.3 Å². The van der Waals surface area contributed by atoms with Gasteiger partial charge in [0.2, 0.25) is 5.91 Å². The van der Waals surface area contributed by atoms with Gasteiger partial charge in [-0.2, -0.15) is 0 Å². The number of nitrogens with two attached hydrogens (primary N) is 1. The molecule has 2 atom stereocenters. The van der Waals surface area contributed by atoms with Gasteiger partial charge in [0.1, 0.15) is 13.2 Å². The fourth-order valence-electron chi connectivity index (χ4n) is 3.30. The molecule has 0 radical (unpaired) electrons. The number of hydrogen-bond donors (Lipinski definition) is 1. The fourth-order valence-corrected chi connectivity index (χ4v) is 3.30. The molecule has 2 unspecified atom stereocenters. The van der Waals surface area contributed by atoms with Gasteiger partial charge >= 0.3 is 0 Å². The maximum Gasteiger partial charge on any atom is 0.223 e. The Morgan fingerprint density at radius 1 is 1.32 bits per heavy atom. The monoisotopic (exact) mass is 304 g/mol. The number of aryl methyl sites for hydroxylation is 1. The highest BCUT2D eigenvalue weighted by Crippen LogP contribution is 2.31. The molecule has 0 bridgehead atoms. The molecule has 22 heavy (non-hydrogen) atoms. The Hall–Kier alpha value is -1.75. The van der Waals surface area contributed by atoms with Gasteiger partial charge in [-0.1, -0.05) is 6.07 Å². The first-order valence-electron chi connectivity index (χ1n) is 8.05. The third-order valence-electron chi connectivity index (χ3n) is 4.55. The minimum Gasteiger partial charge on any atom is -0.486 e. The van der Waals surface area contributed by atoms with Crippen LogP contribution < -0.4 is 15.2 Å². The molecule has 2 heterocycles. The van der Waals surface area contributed by atoms with Gasteiger partial charge in [-0.05, 0) is 49.9 Å². The van der Waals surface area contributed by atoms with Crippen LogP contribution in [0.15, 0.2) is 18.2 Å². The normalized spacial score (nSPS) is 23.6. The number of benzene rings is 1. The Labute approximate surface area is 131 Å². The summed E-state index contributed by atoms with van der Waals surface area (Å²) in [6.07, 6.45) is 2.28. The Kier molecular flexibility index (Phi) is 4.52. The van der Waals surface area contributed by atoms with Gasteiger partial charge in [-0.3, -0.25) is 4.79 Å². The van der Waals surface area contributed by atoms with Gasteiger partial charge < -0.3 is 20.1 Å². The Bertz CT molecular complexity index is 547. The van der Waals surface area contributed by atoms with Crippen LogP contribution in [0, 0.1) is 5.92 Å². The van der Waals surface area contributed by atoms with Crippen LogP contribution >= 0.6 is 0 Å². The van der Waals surface area contributed by atoms with E-state index in [-0.39, 0.29) is 5.91 Å². The SMILES string of the molecule is CC1CC(CN)CN1C(=O)CCc1ccc2c(c1)OCCO2. The summed E-state index contributed by atoms with van der Waals surface area (Å²) in [6, 6.07) is 6.23. The molecule has 1 aromatic rings. The summed E-state index contributed by atoms with van der Waals surface area (Å²) >= 11 is 0. The van der Waals surface area contributed by atoms with Crippen LogP contribution in [0.2, 0.25) is 0 Å². The molecule has 120 valence electrons. The number of carbonyl (C=O) groups is 1. The van der Waals surface area contributed by atoms with Crippen LogP contribution in [0.25, 0.3) is 0 Å². The lowest BCUT2D eigenvalue weighted by atomic mass is 10.1. The van der Waals surface area contributed by atoms with Crippen LogP contribution in [-0.4, -0.2) is 43.2 Å². The second kappa shape index (κ2) is 6.57. The summed E-state index contributed by atoms with van der Waals surface area (Å²) in [6.45, 7) is 4.76. The maximum absolute atomic E-state index is 12.4. The molecule has 1 saturated heterocycles. The van der Waals surface area contributed by atoms with Crippen LogP contribution in [0.1, 0.15) is 25.3 Å². The molecule has 3 rings (SSSR count). The highest BCUT2D eigenvalue weighted by molar-refractivity contribution is 5.77. The molecule has 1 fully saturated rings. The summed E-state index contributed by atoms with van der Waals surface area (Å²) in [4.78, 5) is 14.4. The molecule has 2 aliphatic rings. The van der Waals surface area contributed by atoms with E-state index in [0.29, 0.717) is 38.1 Å². The molecule has 1 aromatic carbocycles. The first kappa shape index (κ1) is 15.2. The van der Waals surface area contributed by atoms with Gasteiger partial charge in [0.05, 0.1) is 0 Å². The van der Waals surface area contributed by atoms with Gasteiger partial charge in [0.15, 0.2) is 11.5 Å². The van der Waals surface area contributed by atoms with E-state index in [1.807, 2.05) is 23.1 Å². The molecule has 0 aliphatic carbocycles. The van der Waals surface area contributed by atoms with Crippen molar-refractivity contribution in [3.63, 3.8) is 0 Å². The maximum atomic E-state index is 12.4. The number of carbonyl (C=O) groups excluding carboxylic acids is 1. The van der Waals surface area contributed by atoms with Crippen LogP contribution in [0.5, 0.6) is 11.5 Å². The molecule has 0 aromatic heterocycles. The number of fused-ring (bicyclic) bond motifs is 1. The first-order valence-corrected chi connectivity index (χ1v) is 8.05. The largest absolute Gasteiger partial charge is 0.486 e. The molecule has 2 N–H and O–H groups in total. The highest BCUT2D eigenvalue weighted by Gasteiger charge is 2.31. The van der Waals surface area contributed by atoms with E-state index in [0.717, 1.165) is 36.4 Å². The zero-order valence-corrected chi connectivity index (χ0v) is 13.1. The summed E-state index contributed by atoms with van der Waals surface area (Å²) in [5, 5.41) is 0. The van der Waals surface area contributed by atoms with Crippen LogP contribution in [0.4, 0.5) is 0 Å². The lowest BCUT2D eigenvalue weighted by Gasteiger charge is -2.22. The summed E-state index contributed by atoms with van der Waals surface area (Å²) in [5.74, 6) is 2.25. The summed E-state index contributed by atoms with van der Waals surface area (Å²) in [7, 11) is 0. The van der Waals surface area contributed by atoms with Crippen molar-refractivity contribution >= 4 is 5.91 Å². The number of nitrogens with zero attached hydrogens (tertiary/aromatic N) is 1. The minimum absolute atomic E-state index is 0.221. The summed E-state index contributed by atoms with van der Waals surface area (Å²) in [5.41, 5.74) is 6.84. The highest BCUT2D eigenvalue weighted by atomic mass is 16.6. The zero-order chi connectivity index (χ0) is 15.5. The molecule has 0 spiro atoms. The lowest BCUT2D eigenvalue weighted by Crippen LogP contribution is -2.34. The predicted molar refractivity (Wildman–Crippen MR) is 84.1 cm³/mol. The van der Waals surface area contributed by atoms with Crippen molar-refractivity contribution in [1.29, 1.82) is 0 Å². The van der Waals surface area contributed by atoms with Crippen molar-refractivity contribution in [3.05, 3.63) is 23.8 Å². The smallest absolute Gasteiger partial charge is 0.223 e. The van der Waals surface area contributed by atoms with E-state index in [1.165, 1.54) is 0 Å². The van der Waals surface area contributed by atoms with Gasteiger partial charge in [0.25, 0.3) is 0 Å². The minimum atomic E-state index is 0.221. The second-order valence-corrected chi connectivity index (χ2v) is 6.21. The number of hydrogen-bond acceptors (Lipinski definition) is 4. The quantitative estimate of drug-likeness (QED) is 0.917. The van der Waals surface area contributed by atoms with E-state index < -0.39 is 0 Å². The van der Waals surface area contributed by atoms with E-state index in [4.69, 9.17) is 15.2 Å². The summed E-state index contributed by atoms with van der Waals surface area (Å²) < 4.78 is 11.1. The van der Waals surface area contributed by atoms with Gasteiger partial charge in [0, 0.05) is 19.0 Å².